The number of nitrogens with one attached hydrogen (secondary N) is 3. The molecule has 0 fully saturated rings. The van der Waals surface area contributed by atoms with Crippen molar-refractivity contribution in [1.82, 2.24) is 20.6 Å². The molecule has 27 heavy (non-hydrogen) atoms. The molecule has 3 atom stereocenters. The Balaban J connectivity index is 2.84. The molecule has 152 valence electrons. The number of hydrogen-bond acceptors (Lipinski definition) is 6. The highest BCUT2D eigenvalue weighted by molar-refractivity contribution is 5.92. The lowest BCUT2D eigenvalue weighted by Gasteiger charge is -2.23. The fraction of sp³-hybridized carbons (Fsp3) is 0.647. The number of unbranched alkanes of at least 4 members (excludes halogenated alkanes) is 1. The fourth-order valence-electron chi connectivity index (χ4n) is 2.41. The molecular formula is C17H30N6O4. The van der Waals surface area contributed by atoms with Gasteiger partial charge in [-0.1, -0.05) is 13.8 Å². The second-order valence-corrected chi connectivity index (χ2v) is 6.78. The molecule has 1 heterocycles. The van der Waals surface area contributed by atoms with Gasteiger partial charge in [0.25, 0.3) is 0 Å². The molecule has 0 saturated heterocycles. The summed E-state index contributed by atoms with van der Waals surface area (Å²) in [6, 6.07) is -2.82. The summed E-state index contributed by atoms with van der Waals surface area (Å²) < 4.78 is 0. The molecule has 0 spiro atoms. The Bertz CT molecular complexity index is 605. The highest BCUT2D eigenvalue weighted by atomic mass is 16.4. The molecule has 0 saturated carbocycles. The summed E-state index contributed by atoms with van der Waals surface area (Å²) in [5.41, 5.74) is 11.8. The number of aromatic amines is 1. The Morgan fingerprint density at radius 2 is 1.85 bits per heavy atom. The number of H-pyrrole nitrogens is 1. The Kier molecular flexibility index (Phi) is 9.45. The molecule has 1 aromatic heterocycles. The zero-order valence-corrected chi connectivity index (χ0v) is 15.8. The van der Waals surface area contributed by atoms with E-state index in [1.165, 1.54) is 6.33 Å². The van der Waals surface area contributed by atoms with E-state index in [1.807, 2.05) is 0 Å². The van der Waals surface area contributed by atoms with E-state index >= 15 is 0 Å². The molecule has 2 amide bonds. The predicted molar refractivity (Wildman–Crippen MR) is 99.5 cm³/mol. The second-order valence-electron chi connectivity index (χ2n) is 6.78. The number of carboxylic acids is 1. The van der Waals surface area contributed by atoms with Crippen molar-refractivity contribution < 1.29 is 19.5 Å². The number of carbonyl (C=O) groups is 3. The number of aromatic nitrogens is 2. The van der Waals surface area contributed by atoms with Gasteiger partial charge in [0.05, 0.1) is 18.1 Å². The monoisotopic (exact) mass is 382 g/mol. The normalized spacial score (nSPS) is 14.4. The summed E-state index contributed by atoms with van der Waals surface area (Å²) in [6.45, 7) is 4.04. The van der Waals surface area contributed by atoms with E-state index in [-0.39, 0.29) is 18.8 Å². The first kappa shape index (κ1) is 22.6. The van der Waals surface area contributed by atoms with Crippen LogP contribution in [-0.4, -0.2) is 57.5 Å². The lowest BCUT2D eigenvalue weighted by Crippen LogP contribution is -2.56. The van der Waals surface area contributed by atoms with E-state index < -0.39 is 35.9 Å². The van der Waals surface area contributed by atoms with Gasteiger partial charge in [-0.05, 0) is 31.7 Å². The number of nitrogens with two attached hydrogens (primary N) is 2. The molecule has 1 rings (SSSR count). The van der Waals surface area contributed by atoms with E-state index in [9.17, 15) is 19.5 Å². The Labute approximate surface area is 158 Å². The predicted octanol–water partition coefficient (Wildman–Crippen LogP) is -0.881. The molecule has 10 heteroatoms. The average Bonchev–Trinajstić information content (AvgIpc) is 3.12. The number of amides is 2. The highest BCUT2D eigenvalue weighted by Gasteiger charge is 2.29. The van der Waals surface area contributed by atoms with Crippen molar-refractivity contribution in [3.63, 3.8) is 0 Å². The standard InChI is InChI=1S/C17H30N6O4/c1-10(2)14(19)16(25)23-13(7-11-8-20-9-21-11)15(24)22-12(17(26)27)5-3-4-6-18/h8-10,12-14H,3-7,18-19H2,1-2H3,(H,20,21)(H,22,24)(H,23,25)(H,26,27). The van der Waals surface area contributed by atoms with Gasteiger partial charge in [-0.3, -0.25) is 9.59 Å². The summed E-state index contributed by atoms with van der Waals surface area (Å²) in [4.78, 5) is 43.2. The van der Waals surface area contributed by atoms with Crippen LogP contribution in [0.1, 0.15) is 38.8 Å². The van der Waals surface area contributed by atoms with Crippen LogP contribution in [0.25, 0.3) is 0 Å². The molecule has 0 bridgehead atoms. The van der Waals surface area contributed by atoms with Crippen LogP contribution in [0.4, 0.5) is 0 Å². The minimum absolute atomic E-state index is 0.109. The SMILES string of the molecule is CC(C)C(N)C(=O)NC(Cc1c[nH]cn1)C(=O)NC(CCCCN)C(=O)O. The van der Waals surface area contributed by atoms with Crippen LogP contribution in [0.5, 0.6) is 0 Å². The number of nitrogens with zero attached hydrogens (tertiary/aromatic N) is 1. The summed E-state index contributed by atoms with van der Waals surface area (Å²) in [5, 5.41) is 14.4. The Morgan fingerprint density at radius 1 is 1.19 bits per heavy atom. The number of carboxylic acid groups (broad SMARTS) is 1. The maximum Gasteiger partial charge on any atom is 0.326 e. The largest absolute Gasteiger partial charge is 0.480 e. The van der Waals surface area contributed by atoms with Gasteiger partial charge in [0.1, 0.15) is 12.1 Å². The second kappa shape index (κ2) is 11.3. The van der Waals surface area contributed by atoms with Gasteiger partial charge < -0.3 is 32.2 Å². The third-order valence-electron chi connectivity index (χ3n) is 4.18. The lowest BCUT2D eigenvalue weighted by molar-refractivity contribution is -0.142. The summed E-state index contributed by atoms with van der Waals surface area (Å²) in [7, 11) is 0. The maximum atomic E-state index is 12.7. The van der Waals surface area contributed by atoms with Crippen molar-refractivity contribution in [1.29, 1.82) is 0 Å². The van der Waals surface area contributed by atoms with Crippen LogP contribution in [0.15, 0.2) is 12.5 Å². The van der Waals surface area contributed by atoms with Crippen LogP contribution >= 0.6 is 0 Å². The summed E-state index contributed by atoms with van der Waals surface area (Å²) >= 11 is 0. The smallest absolute Gasteiger partial charge is 0.326 e. The van der Waals surface area contributed by atoms with Gasteiger partial charge in [-0.25, -0.2) is 9.78 Å². The minimum Gasteiger partial charge on any atom is -0.480 e. The topological polar surface area (TPSA) is 176 Å². The maximum absolute atomic E-state index is 12.7. The number of carbonyl (C=O) groups excluding carboxylic acids is 2. The quantitative estimate of drug-likeness (QED) is 0.254. The van der Waals surface area contributed by atoms with Crippen molar-refractivity contribution in [3.8, 4) is 0 Å². The molecule has 0 aliphatic carbocycles. The fourth-order valence-corrected chi connectivity index (χ4v) is 2.41. The minimum atomic E-state index is -1.14. The molecule has 0 aliphatic rings. The number of rotatable bonds is 12. The Morgan fingerprint density at radius 3 is 2.37 bits per heavy atom. The molecule has 10 nitrogen and oxygen atoms in total. The number of aliphatic carboxylic acids is 1. The molecule has 3 unspecified atom stereocenters. The molecule has 0 aliphatic heterocycles. The zero-order chi connectivity index (χ0) is 20.4. The third-order valence-corrected chi connectivity index (χ3v) is 4.18. The first-order valence-electron chi connectivity index (χ1n) is 9.03. The van der Waals surface area contributed by atoms with Gasteiger partial charge >= 0.3 is 5.97 Å². The average molecular weight is 382 g/mol. The van der Waals surface area contributed by atoms with Crippen molar-refractivity contribution in [2.24, 2.45) is 17.4 Å². The van der Waals surface area contributed by atoms with Gasteiger partial charge in [0, 0.05) is 12.6 Å². The van der Waals surface area contributed by atoms with Crippen molar-refractivity contribution in [2.45, 2.75) is 57.7 Å². The van der Waals surface area contributed by atoms with E-state index in [0.29, 0.717) is 25.1 Å². The van der Waals surface area contributed by atoms with E-state index in [0.717, 1.165) is 0 Å². The molecule has 1 aromatic rings. The molecular weight excluding hydrogens is 352 g/mol. The van der Waals surface area contributed by atoms with E-state index in [2.05, 4.69) is 20.6 Å². The highest BCUT2D eigenvalue weighted by Crippen LogP contribution is 2.05. The van der Waals surface area contributed by atoms with Gasteiger partial charge in [0.2, 0.25) is 11.8 Å². The van der Waals surface area contributed by atoms with Gasteiger partial charge in [0.15, 0.2) is 0 Å². The van der Waals surface area contributed by atoms with Crippen LogP contribution < -0.4 is 22.1 Å². The van der Waals surface area contributed by atoms with Crippen LogP contribution in [0.2, 0.25) is 0 Å². The zero-order valence-electron chi connectivity index (χ0n) is 15.8. The van der Waals surface area contributed by atoms with Crippen molar-refractivity contribution >= 4 is 17.8 Å². The molecule has 8 N–H and O–H groups in total. The van der Waals surface area contributed by atoms with Crippen LogP contribution in [0, 0.1) is 5.92 Å². The van der Waals surface area contributed by atoms with Gasteiger partial charge in [-0.15, -0.1) is 0 Å². The summed E-state index contributed by atoms with van der Waals surface area (Å²) in [5.74, 6) is -2.32. The Hall–Kier alpha value is -2.46. The third kappa shape index (κ3) is 7.75. The number of hydrogen-bond donors (Lipinski definition) is 6. The van der Waals surface area contributed by atoms with Gasteiger partial charge in [-0.2, -0.15) is 0 Å². The molecule has 0 aromatic carbocycles. The molecule has 0 radical (unpaired) electrons. The van der Waals surface area contributed by atoms with Crippen molar-refractivity contribution in [2.75, 3.05) is 6.54 Å². The van der Waals surface area contributed by atoms with Crippen molar-refractivity contribution in [3.05, 3.63) is 18.2 Å². The van der Waals surface area contributed by atoms with E-state index in [1.54, 1.807) is 20.0 Å². The van der Waals surface area contributed by atoms with Crippen LogP contribution in [0.3, 0.4) is 0 Å². The van der Waals surface area contributed by atoms with E-state index in [4.69, 9.17) is 11.5 Å². The number of imidazole rings is 1. The lowest BCUT2D eigenvalue weighted by atomic mass is 10.0. The van der Waals surface area contributed by atoms with Crippen LogP contribution in [-0.2, 0) is 20.8 Å². The summed E-state index contributed by atoms with van der Waals surface area (Å²) in [6.07, 6.45) is 4.66. The first-order valence-corrected chi connectivity index (χ1v) is 9.03. The first-order chi connectivity index (χ1) is 12.8.